The van der Waals surface area contributed by atoms with Crippen molar-refractivity contribution in [2.24, 2.45) is 0 Å². The molecule has 148 valence electrons. The summed E-state index contributed by atoms with van der Waals surface area (Å²) in [5.74, 6) is 3.64. The van der Waals surface area contributed by atoms with Gasteiger partial charge in [-0.1, -0.05) is 0 Å². The molecule has 1 fully saturated rings. The molecular weight excluding hydrogens is 344 g/mol. The minimum absolute atomic E-state index is 0.189. The zero-order valence-electron chi connectivity index (χ0n) is 16.5. The van der Waals surface area contributed by atoms with Crippen LogP contribution in [0.2, 0.25) is 0 Å². The van der Waals surface area contributed by atoms with E-state index in [0.29, 0.717) is 6.04 Å². The average Bonchev–Trinajstić information content (AvgIpc) is 3.08. The topological polar surface area (TPSA) is 58.3 Å². The van der Waals surface area contributed by atoms with Crippen LogP contribution in [0.15, 0.2) is 34.7 Å². The van der Waals surface area contributed by atoms with Crippen LogP contribution in [-0.2, 0) is 13.1 Å². The Morgan fingerprint density at radius 2 is 1.96 bits per heavy atom. The maximum atomic E-state index is 9.53. The Balaban J connectivity index is 1.67. The van der Waals surface area contributed by atoms with Crippen molar-refractivity contribution in [1.82, 2.24) is 9.80 Å². The SMILES string of the molecule is COc1ccc(OC)c(CN2CCN(Cc3ccc(C)o3)[C@H](CCO)C2)c1. The number of hydrogen-bond acceptors (Lipinski definition) is 6. The molecule has 1 atom stereocenters. The van der Waals surface area contributed by atoms with Gasteiger partial charge in [-0.3, -0.25) is 9.80 Å². The van der Waals surface area contributed by atoms with Crippen molar-refractivity contribution in [2.75, 3.05) is 40.5 Å². The van der Waals surface area contributed by atoms with Crippen LogP contribution >= 0.6 is 0 Å². The molecule has 1 saturated heterocycles. The summed E-state index contributed by atoms with van der Waals surface area (Å²) in [5.41, 5.74) is 1.12. The monoisotopic (exact) mass is 374 g/mol. The highest BCUT2D eigenvalue weighted by atomic mass is 16.5. The Labute approximate surface area is 161 Å². The van der Waals surface area contributed by atoms with Crippen LogP contribution < -0.4 is 9.47 Å². The molecule has 1 aromatic heterocycles. The summed E-state index contributed by atoms with van der Waals surface area (Å²) >= 11 is 0. The Morgan fingerprint density at radius 1 is 1.11 bits per heavy atom. The Kier molecular flexibility index (Phi) is 6.77. The average molecular weight is 374 g/mol. The van der Waals surface area contributed by atoms with Crippen molar-refractivity contribution < 1.29 is 19.0 Å². The second-order valence-electron chi connectivity index (χ2n) is 7.06. The number of benzene rings is 1. The molecule has 27 heavy (non-hydrogen) atoms. The second-order valence-corrected chi connectivity index (χ2v) is 7.06. The van der Waals surface area contributed by atoms with Gasteiger partial charge in [-0.05, 0) is 43.7 Å². The van der Waals surface area contributed by atoms with Crippen molar-refractivity contribution in [3.05, 3.63) is 47.4 Å². The Bertz CT molecular complexity index is 731. The van der Waals surface area contributed by atoms with E-state index in [1.807, 2.05) is 37.3 Å². The molecular formula is C21H30N2O4. The third-order valence-electron chi connectivity index (χ3n) is 5.19. The number of ether oxygens (including phenoxy) is 2. The minimum atomic E-state index is 0.189. The van der Waals surface area contributed by atoms with E-state index in [1.165, 1.54) is 0 Å². The summed E-state index contributed by atoms with van der Waals surface area (Å²) in [4.78, 5) is 4.83. The number of rotatable bonds is 8. The van der Waals surface area contributed by atoms with Gasteiger partial charge in [-0.25, -0.2) is 0 Å². The lowest BCUT2D eigenvalue weighted by Crippen LogP contribution is -2.52. The zero-order chi connectivity index (χ0) is 19.2. The third-order valence-corrected chi connectivity index (χ3v) is 5.19. The molecule has 0 aliphatic carbocycles. The van der Waals surface area contributed by atoms with E-state index in [1.54, 1.807) is 14.2 Å². The standard InChI is InChI=1S/C21H30N2O4/c1-16-4-5-20(27-16)15-23-10-9-22(14-18(23)8-11-24)13-17-12-19(25-2)6-7-21(17)26-3/h4-7,12,18,24H,8-11,13-15H2,1-3H3/t18-/m1/s1. The van der Waals surface area contributed by atoms with Gasteiger partial charge in [0.2, 0.25) is 0 Å². The molecule has 0 bridgehead atoms. The molecule has 0 saturated carbocycles. The van der Waals surface area contributed by atoms with Crippen LogP contribution in [0.3, 0.4) is 0 Å². The van der Waals surface area contributed by atoms with Gasteiger partial charge in [-0.15, -0.1) is 0 Å². The first kappa shape index (κ1) is 19.7. The molecule has 6 nitrogen and oxygen atoms in total. The summed E-state index contributed by atoms with van der Waals surface area (Å²) in [6, 6.07) is 10.2. The summed E-state index contributed by atoms with van der Waals surface area (Å²) in [5, 5.41) is 9.53. The summed E-state index contributed by atoms with van der Waals surface area (Å²) in [6.45, 7) is 6.55. The summed E-state index contributed by atoms with van der Waals surface area (Å²) in [6.07, 6.45) is 0.755. The molecule has 2 heterocycles. The van der Waals surface area contributed by atoms with Gasteiger partial charge in [0.05, 0.1) is 20.8 Å². The number of furan rings is 1. The molecule has 1 aromatic carbocycles. The van der Waals surface area contributed by atoms with Gasteiger partial charge in [0.1, 0.15) is 23.0 Å². The first-order valence-corrected chi connectivity index (χ1v) is 9.46. The van der Waals surface area contributed by atoms with Gasteiger partial charge >= 0.3 is 0 Å². The molecule has 3 rings (SSSR count). The maximum absolute atomic E-state index is 9.53. The normalized spacial score (nSPS) is 18.6. The smallest absolute Gasteiger partial charge is 0.123 e. The number of nitrogens with zero attached hydrogens (tertiary/aromatic N) is 2. The van der Waals surface area contributed by atoms with Crippen LogP contribution in [0.4, 0.5) is 0 Å². The van der Waals surface area contributed by atoms with E-state index in [-0.39, 0.29) is 6.61 Å². The van der Waals surface area contributed by atoms with Crippen molar-refractivity contribution in [2.45, 2.75) is 32.5 Å². The van der Waals surface area contributed by atoms with Crippen molar-refractivity contribution in [1.29, 1.82) is 0 Å². The lowest BCUT2D eigenvalue weighted by Gasteiger charge is -2.41. The second kappa shape index (κ2) is 9.26. The third kappa shape index (κ3) is 5.03. The number of piperazine rings is 1. The van der Waals surface area contributed by atoms with Gasteiger partial charge in [0.25, 0.3) is 0 Å². The fourth-order valence-electron chi connectivity index (χ4n) is 3.75. The van der Waals surface area contributed by atoms with Crippen LogP contribution in [0.5, 0.6) is 11.5 Å². The lowest BCUT2D eigenvalue weighted by atomic mass is 10.1. The van der Waals surface area contributed by atoms with Crippen molar-refractivity contribution in [3.8, 4) is 11.5 Å². The highest BCUT2D eigenvalue weighted by Crippen LogP contribution is 2.27. The summed E-state index contributed by atoms with van der Waals surface area (Å²) < 4.78 is 16.6. The van der Waals surface area contributed by atoms with Crippen LogP contribution in [0, 0.1) is 6.92 Å². The zero-order valence-corrected chi connectivity index (χ0v) is 16.5. The van der Waals surface area contributed by atoms with E-state index in [0.717, 1.165) is 67.7 Å². The van der Waals surface area contributed by atoms with Crippen LogP contribution in [-0.4, -0.2) is 61.4 Å². The number of methoxy groups -OCH3 is 2. The van der Waals surface area contributed by atoms with Crippen LogP contribution in [0.25, 0.3) is 0 Å². The molecule has 0 spiro atoms. The fourth-order valence-corrected chi connectivity index (χ4v) is 3.75. The molecule has 0 unspecified atom stereocenters. The quantitative estimate of drug-likeness (QED) is 0.767. The molecule has 1 N–H and O–H groups in total. The number of aliphatic hydroxyl groups is 1. The predicted octanol–water partition coefficient (Wildman–Crippen LogP) is 2.67. The van der Waals surface area contributed by atoms with Crippen LogP contribution in [0.1, 0.15) is 23.5 Å². The minimum Gasteiger partial charge on any atom is -0.497 e. The Hall–Kier alpha value is -2.02. The van der Waals surface area contributed by atoms with Gasteiger partial charge < -0.3 is 19.0 Å². The number of aliphatic hydroxyl groups excluding tert-OH is 1. The molecule has 1 aliphatic heterocycles. The van der Waals surface area contributed by atoms with Crippen molar-refractivity contribution >= 4 is 0 Å². The molecule has 0 amide bonds. The first-order chi connectivity index (χ1) is 13.1. The largest absolute Gasteiger partial charge is 0.497 e. The fraction of sp³-hybridized carbons (Fsp3) is 0.524. The molecule has 2 aromatic rings. The highest BCUT2D eigenvalue weighted by Gasteiger charge is 2.27. The van der Waals surface area contributed by atoms with E-state index in [2.05, 4.69) is 9.80 Å². The Morgan fingerprint density at radius 3 is 2.63 bits per heavy atom. The molecule has 6 heteroatoms. The van der Waals surface area contributed by atoms with Gasteiger partial charge in [-0.2, -0.15) is 0 Å². The van der Waals surface area contributed by atoms with E-state index >= 15 is 0 Å². The van der Waals surface area contributed by atoms with E-state index in [9.17, 15) is 5.11 Å². The van der Waals surface area contributed by atoms with E-state index < -0.39 is 0 Å². The highest BCUT2D eigenvalue weighted by molar-refractivity contribution is 5.40. The first-order valence-electron chi connectivity index (χ1n) is 9.46. The van der Waals surface area contributed by atoms with Gasteiger partial charge in [0.15, 0.2) is 0 Å². The maximum Gasteiger partial charge on any atom is 0.123 e. The molecule has 1 aliphatic rings. The van der Waals surface area contributed by atoms with Gasteiger partial charge in [0, 0.05) is 44.4 Å². The number of hydrogen-bond donors (Lipinski definition) is 1. The predicted molar refractivity (Wildman–Crippen MR) is 104 cm³/mol. The number of aryl methyl sites for hydroxylation is 1. The lowest BCUT2D eigenvalue weighted by molar-refractivity contribution is 0.0451. The summed E-state index contributed by atoms with van der Waals surface area (Å²) in [7, 11) is 3.38. The van der Waals surface area contributed by atoms with Crippen molar-refractivity contribution in [3.63, 3.8) is 0 Å². The molecule has 0 radical (unpaired) electrons. The van der Waals surface area contributed by atoms with E-state index in [4.69, 9.17) is 13.9 Å².